The van der Waals surface area contributed by atoms with E-state index >= 15 is 0 Å². The fraction of sp³-hybridized carbons (Fsp3) is 0.290. The van der Waals surface area contributed by atoms with Gasteiger partial charge in [0.2, 0.25) is 5.91 Å². The van der Waals surface area contributed by atoms with Gasteiger partial charge in [-0.3, -0.25) is 9.59 Å². The number of amides is 1. The lowest BCUT2D eigenvalue weighted by molar-refractivity contribution is -0.132. The molecule has 2 aromatic heterocycles. The molecule has 1 saturated heterocycles. The minimum Gasteiger partial charge on any atom is -0.486 e. The average molecular weight is 522 g/mol. The minimum atomic E-state index is -0.222. The van der Waals surface area contributed by atoms with Crippen molar-refractivity contribution < 1.29 is 9.53 Å². The van der Waals surface area contributed by atoms with E-state index in [0.29, 0.717) is 43.2 Å². The van der Waals surface area contributed by atoms with Crippen LogP contribution in [0.5, 0.6) is 5.75 Å². The van der Waals surface area contributed by atoms with Gasteiger partial charge < -0.3 is 19.2 Å². The zero-order valence-electron chi connectivity index (χ0n) is 21.8. The Morgan fingerprint density at radius 1 is 0.897 bits per heavy atom. The number of carbonyl (C=O) groups is 1. The highest BCUT2D eigenvalue weighted by Gasteiger charge is 2.25. The molecule has 8 heteroatoms. The predicted octanol–water partition coefficient (Wildman–Crippen LogP) is 4.72. The second kappa shape index (κ2) is 11.1. The number of para-hydroxylation sites is 5. The molecule has 39 heavy (non-hydrogen) atoms. The van der Waals surface area contributed by atoms with Crippen molar-refractivity contribution in [2.45, 2.75) is 38.8 Å². The number of piperidine rings is 1. The highest BCUT2D eigenvalue weighted by molar-refractivity contribution is 5.77. The fourth-order valence-corrected chi connectivity index (χ4v) is 5.35. The van der Waals surface area contributed by atoms with E-state index in [1.54, 1.807) is 0 Å². The largest absolute Gasteiger partial charge is 0.486 e. The van der Waals surface area contributed by atoms with Crippen molar-refractivity contribution in [2.75, 3.05) is 13.1 Å². The van der Waals surface area contributed by atoms with Crippen LogP contribution in [-0.2, 0) is 24.4 Å². The van der Waals surface area contributed by atoms with Gasteiger partial charge in [0.05, 0.1) is 22.1 Å². The van der Waals surface area contributed by atoms with Crippen LogP contribution in [0.25, 0.3) is 22.1 Å². The number of aromatic amines is 1. The molecule has 6 rings (SSSR count). The lowest BCUT2D eigenvalue weighted by Gasteiger charge is -2.32. The first-order valence-electron chi connectivity index (χ1n) is 13.5. The molecule has 1 fully saturated rings. The smallest absolute Gasteiger partial charge is 0.270 e. The second-order valence-electron chi connectivity index (χ2n) is 10.1. The fourth-order valence-electron chi connectivity index (χ4n) is 5.35. The molecule has 8 nitrogen and oxygen atoms in total. The summed E-state index contributed by atoms with van der Waals surface area (Å²) in [5.74, 6) is 2.25. The maximum atomic E-state index is 13.0. The molecule has 3 aromatic carbocycles. The van der Waals surface area contributed by atoms with Crippen LogP contribution >= 0.6 is 0 Å². The first-order valence-corrected chi connectivity index (χ1v) is 13.5. The molecule has 0 spiro atoms. The van der Waals surface area contributed by atoms with Crippen LogP contribution in [0.2, 0.25) is 0 Å². The van der Waals surface area contributed by atoms with Crippen molar-refractivity contribution >= 4 is 28.0 Å². The zero-order valence-corrected chi connectivity index (χ0v) is 21.8. The number of ether oxygens (including phenoxy) is 1. The first kappa shape index (κ1) is 24.9. The molecule has 1 aliphatic rings. The third-order valence-electron chi connectivity index (χ3n) is 7.50. The van der Waals surface area contributed by atoms with Crippen LogP contribution in [0, 0.1) is 5.92 Å². The molecule has 5 aromatic rings. The predicted molar refractivity (Wildman–Crippen MR) is 150 cm³/mol. The number of H-pyrrole nitrogens is 1. The number of hydrogen-bond acceptors (Lipinski definition) is 5. The van der Waals surface area contributed by atoms with E-state index in [-0.39, 0.29) is 17.9 Å². The van der Waals surface area contributed by atoms with E-state index in [9.17, 15) is 9.59 Å². The van der Waals surface area contributed by atoms with Crippen LogP contribution in [0.1, 0.15) is 30.8 Å². The summed E-state index contributed by atoms with van der Waals surface area (Å²) in [5.41, 5.74) is 3.71. The van der Waals surface area contributed by atoms with Crippen LogP contribution in [-0.4, -0.2) is 43.4 Å². The first-order chi connectivity index (χ1) is 19.1. The van der Waals surface area contributed by atoms with Gasteiger partial charge in [-0.05, 0) is 55.2 Å². The van der Waals surface area contributed by atoms with Gasteiger partial charge in [-0.15, -0.1) is 0 Å². The summed E-state index contributed by atoms with van der Waals surface area (Å²) >= 11 is 0. The molecule has 0 aliphatic carbocycles. The van der Waals surface area contributed by atoms with Crippen LogP contribution in [0.15, 0.2) is 83.7 Å². The van der Waals surface area contributed by atoms with E-state index < -0.39 is 0 Å². The normalized spacial score (nSPS) is 14.2. The maximum Gasteiger partial charge on any atom is 0.270 e. The topological polar surface area (TPSA) is 93.1 Å². The number of benzene rings is 3. The van der Waals surface area contributed by atoms with Gasteiger partial charge in [-0.1, -0.05) is 42.5 Å². The number of imidazole rings is 1. The lowest BCUT2D eigenvalue weighted by atomic mass is 9.96. The summed E-state index contributed by atoms with van der Waals surface area (Å²) in [7, 11) is 0. The number of fused-ring (bicyclic) bond motifs is 2. The molecular formula is C31H31N5O3. The Morgan fingerprint density at radius 2 is 1.62 bits per heavy atom. The van der Waals surface area contributed by atoms with Gasteiger partial charge in [0, 0.05) is 32.5 Å². The van der Waals surface area contributed by atoms with Crippen molar-refractivity contribution in [3.05, 3.63) is 101 Å². The molecule has 0 atom stereocenters. The number of carbonyl (C=O) groups excluding carboxylic acids is 1. The van der Waals surface area contributed by atoms with Crippen LogP contribution < -0.4 is 10.3 Å². The van der Waals surface area contributed by atoms with Crippen molar-refractivity contribution in [3.8, 4) is 5.75 Å². The highest BCUT2D eigenvalue weighted by Crippen LogP contribution is 2.25. The molecule has 198 valence electrons. The average Bonchev–Trinajstić information content (AvgIpc) is 3.32. The van der Waals surface area contributed by atoms with Crippen molar-refractivity contribution in [1.82, 2.24) is 24.4 Å². The van der Waals surface area contributed by atoms with Crippen molar-refractivity contribution in [2.24, 2.45) is 5.92 Å². The Kier molecular flexibility index (Phi) is 7.08. The molecule has 3 heterocycles. The third kappa shape index (κ3) is 5.55. The van der Waals surface area contributed by atoms with E-state index in [1.807, 2.05) is 77.7 Å². The molecule has 0 radical (unpaired) electrons. The molecule has 0 saturated carbocycles. The molecule has 1 aliphatic heterocycles. The van der Waals surface area contributed by atoms with Crippen LogP contribution in [0.3, 0.4) is 0 Å². The third-order valence-corrected chi connectivity index (χ3v) is 7.50. The zero-order chi connectivity index (χ0) is 26.6. The van der Waals surface area contributed by atoms with Gasteiger partial charge in [0.15, 0.2) is 0 Å². The Morgan fingerprint density at radius 3 is 2.44 bits per heavy atom. The van der Waals surface area contributed by atoms with E-state index in [4.69, 9.17) is 9.72 Å². The number of likely N-dealkylation sites (tertiary alicyclic amines) is 1. The Labute approximate surface area is 226 Å². The number of nitrogens with zero attached hydrogens (tertiary/aromatic N) is 4. The van der Waals surface area contributed by atoms with Crippen molar-refractivity contribution in [1.29, 1.82) is 0 Å². The summed E-state index contributed by atoms with van der Waals surface area (Å²) < 4.78 is 8.31. The number of hydrogen-bond donors (Lipinski definition) is 1. The maximum absolute atomic E-state index is 13.0. The molecule has 1 amide bonds. The van der Waals surface area contributed by atoms with Crippen LogP contribution in [0.4, 0.5) is 0 Å². The monoisotopic (exact) mass is 521 g/mol. The number of aryl methyl sites for hydroxylation is 1. The van der Waals surface area contributed by atoms with Gasteiger partial charge in [0.1, 0.15) is 23.9 Å². The number of rotatable bonds is 8. The summed E-state index contributed by atoms with van der Waals surface area (Å²) in [6.45, 7) is 2.67. The van der Waals surface area contributed by atoms with Gasteiger partial charge >= 0.3 is 0 Å². The van der Waals surface area contributed by atoms with Crippen molar-refractivity contribution in [3.63, 3.8) is 0 Å². The lowest BCUT2D eigenvalue weighted by Crippen LogP contribution is -2.39. The number of aromatic nitrogens is 4. The molecule has 0 unspecified atom stereocenters. The van der Waals surface area contributed by atoms with E-state index in [0.717, 1.165) is 47.5 Å². The highest BCUT2D eigenvalue weighted by atomic mass is 16.5. The van der Waals surface area contributed by atoms with Gasteiger partial charge in [-0.25, -0.2) is 9.97 Å². The van der Waals surface area contributed by atoms with E-state index in [2.05, 4.69) is 20.6 Å². The molecular weight excluding hydrogens is 490 g/mol. The second-order valence-corrected chi connectivity index (χ2v) is 10.1. The Hall–Kier alpha value is -4.46. The summed E-state index contributed by atoms with van der Waals surface area (Å²) in [6.07, 6.45) is 2.47. The SMILES string of the molecule is O=C(CCc1nc2ccccc2[nH]c1=O)N1CCC(Cn2c(COc3ccccc3)nc3ccccc32)CC1. The number of nitrogens with one attached hydrogen (secondary N) is 1. The standard InChI is InChI=1S/C31H31N5O3/c37-30(15-14-27-31(38)34-25-11-5-4-10-24(25)32-27)35-18-16-22(17-19-35)20-36-28-13-7-6-12-26(28)33-29(36)21-39-23-8-2-1-3-9-23/h1-13,22H,14-21H2,(H,34,38). The van der Waals surface area contributed by atoms with E-state index in [1.165, 1.54) is 0 Å². The summed E-state index contributed by atoms with van der Waals surface area (Å²) in [5, 5.41) is 0. The Balaban J connectivity index is 1.07. The van der Waals surface area contributed by atoms with Gasteiger partial charge in [-0.2, -0.15) is 0 Å². The van der Waals surface area contributed by atoms with Gasteiger partial charge in [0.25, 0.3) is 5.56 Å². The summed E-state index contributed by atoms with van der Waals surface area (Å²) in [6, 6.07) is 25.4. The molecule has 0 bridgehead atoms. The summed E-state index contributed by atoms with van der Waals surface area (Å²) in [4.78, 5) is 39.5. The minimum absolute atomic E-state index is 0.0767. The Bertz CT molecular complexity index is 1650. The molecule has 1 N–H and O–H groups in total. The quantitative estimate of drug-likeness (QED) is 0.319.